The molecule has 78 heavy (non-hydrogen) atoms. The van der Waals surface area contributed by atoms with Gasteiger partial charge >= 0.3 is 6.01 Å². The molecule has 0 radical (unpaired) electrons. The van der Waals surface area contributed by atoms with Crippen LogP contribution in [-0.2, 0) is 19.2 Å². The van der Waals surface area contributed by atoms with E-state index in [9.17, 15) is 24.3 Å². The molecule has 5 heterocycles. The Morgan fingerprint density at radius 3 is 2.36 bits per heavy atom. The van der Waals surface area contributed by atoms with Gasteiger partial charge in [0.25, 0.3) is 12.4 Å². The third-order valence-corrected chi connectivity index (χ3v) is 15.6. The standard InChI is InChI=1S/C56H66F2N10O7.CH2O2/c1-7-10-45(52(72)59-32-69)68(33-70)54(73)42-26-39(13-11-34(42)4)65-19-15-38(16-20-65)66-23-21-64(22-24-66)30-56(17-18-56)31-75-55-62-50-47(51(63-55)67-28-35(5)60-37(8-2)29-67)53(74-6)61-49(48(50)58)43-27-40(71)25-36-12-14-44(57)41(9-3)46(36)43;2-1-3/h3,11-14,25-27,32-33,35,37-38,45,60,71H,7-8,10,15-24,28-31H2,1-2,4-6H3,(H,59,69,72);1H,(H,2,3). The number of hydrogen-bond acceptors (Lipinski definition) is 16. The molecule has 4 N–H and O–H groups in total. The summed E-state index contributed by atoms with van der Waals surface area (Å²) in [6.45, 7) is 15.1. The summed E-state index contributed by atoms with van der Waals surface area (Å²) in [5.74, 6) is -0.0587. The number of aryl methyl sites for hydroxylation is 1. The number of aromatic nitrogens is 3. The number of carbonyl (C=O) groups is 5. The third kappa shape index (κ3) is 12.1. The second kappa shape index (κ2) is 24.8. The first kappa shape index (κ1) is 56.7. The number of amides is 4. The molecular formula is C57H68F2N10O9. The van der Waals surface area contributed by atoms with Crippen molar-refractivity contribution in [1.82, 2.24) is 40.3 Å². The first-order chi connectivity index (χ1) is 37.6. The maximum absolute atomic E-state index is 17.5. The van der Waals surface area contributed by atoms with E-state index in [0.29, 0.717) is 60.9 Å². The quantitative estimate of drug-likeness (QED) is 0.0593. The van der Waals surface area contributed by atoms with Gasteiger partial charge in [-0.25, -0.2) is 13.8 Å². The van der Waals surface area contributed by atoms with Crippen LogP contribution in [0.4, 0.5) is 20.3 Å². The lowest BCUT2D eigenvalue weighted by Crippen LogP contribution is -2.55. The van der Waals surface area contributed by atoms with Crippen LogP contribution in [0, 0.1) is 36.3 Å². The Morgan fingerprint density at radius 1 is 0.987 bits per heavy atom. The molecule has 3 aliphatic heterocycles. The molecule has 2 aromatic heterocycles. The van der Waals surface area contributed by atoms with Crippen LogP contribution < -0.4 is 29.9 Å². The zero-order chi connectivity index (χ0) is 55.8. The summed E-state index contributed by atoms with van der Waals surface area (Å²) in [4.78, 5) is 82.7. The molecule has 0 bridgehead atoms. The van der Waals surface area contributed by atoms with Gasteiger partial charge in [0.1, 0.15) is 40.0 Å². The van der Waals surface area contributed by atoms with Crippen LogP contribution in [0.15, 0.2) is 42.5 Å². The summed E-state index contributed by atoms with van der Waals surface area (Å²) >= 11 is 0. The highest BCUT2D eigenvalue weighted by Gasteiger charge is 2.46. The molecule has 414 valence electrons. The Balaban J connectivity index is 0.00000262. The number of fused-ring (bicyclic) bond motifs is 2. The number of aromatic hydroxyl groups is 1. The number of nitrogens with one attached hydrogen (secondary N) is 2. The minimum absolute atomic E-state index is 0.0190. The van der Waals surface area contributed by atoms with Gasteiger partial charge < -0.3 is 39.7 Å². The number of methoxy groups -OCH3 is 1. The van der Waals surface area contributed by atoms with Crippen LogP contribution in [0.1, 0.15) is 87.2 Å². The van der Waals surface area contributed by atoms with Gasteiger partial charge in [-0.15, -0.1) is 6.42 Å². The molecule has 1 saturated carbocycles. The van der Waals surface area contributed by atoms with E-state index in [2.05, 4.69) is 55.0 Å². The van der Waals surface area contributed by atoms with Crippen molar-refractivity contribution in [1.29, 1.82) is 0 Å². The maximum Gasteiger partial charge on any atom is 0.319 e. The number of phenols is 1. The summed E-state index contributed by atoms with van der Waals surface area (Å²) in [5.41, 5.74) is 1.45. The molecule has 4 aliphatic rings. The molecule has 4 amide bonds. The predicted molar refractivity (Wildman–Crippen MR) is 291 cm³/mol. The van der Waals surface area contributed by atoms with Crippen molar-refractivity contribution in [3.63, 3.8) is 0 Å². The fourth-order valence-corrected chi connectivity index (χ4v) is 11.3. The first-order valence-corrected chi connectivity index (χ1v) is 26.6. The molecule has 3 aromatic carbocycles. The number of anilines is 2. The summed E-state index contributed by atoms with van der Waals surface area (Å²) in [5, 5.41) is 24.3. The van der Waals surface area contributed by atoms with Gasteiger partial charge in [-0.3, -0.25) is 39.1 Å². The first-order valence-electron chi connectivity index (χ1n) is 26.6. The molecule has 3 unspecified atom stereocenters. The van der Waals surface area contributed by atoms with Crippen LogP contribution in [0.2, 0.25) is 0 Å². The minimum Gasteiger partial charge on any atom is -0.508 e. The molecule has 4 fully saturated rings. The van der Waals surface area contributed by atoms with Crippen LogP contribution in [0.25, 0.3) is 32.9 Å². The highest BCUT2D eigenvalue weighted by atomic mass is 19.1. The van der Waals surface area contributed by atoms with Gasteiger partial charge in [0.2, 0.25) is 24.6 Å². The zero-order valence-corrected chi connectivity index (χ0v) is 44.8. The molecular weight excluding hydrogens is 1010 g/mol. The number of halogens is 2. The molecule has 1 aliphatic carbocycles. The highest BCUT2D eigenvalue weighted by Crippen LogP contribution is 2.47. The number of benzene rings is 3. The molecule has 9 rings (SSSR count). The van der Waals surface area contributed by atoms with Gasteiger partial charge in [0.15, 0.2) is 5.82 Å². The molecule has 0 spiro atoms. The Bertz CT molecular complexity index is 3080. The highest BCUT2D eigenvalue weighted by molar-refractivity contribution is 6.06. The molecule has 21 heteroatoms. The lowest BCUT2D eigenvalue weighted by molar-refractivity contribution is -0.133. The number of rotatable bonds is 18. The summed E-state index contributed by atoms with van der Waals surface area (Å²) < 4.78 is 45.1. The normalized spacial score (nSPS) is 19.0. The van der Waals surface area contributed by atoms with Crippen molar-refractivity contribution in [3.8, 4) is 41.2 Å². The lowest BCUT2D eigenvalue weighted by atomic mass is 9.95. The van der Waals surface area contributed by atoms with Crippen LogP contribution >= 0.6 is 0 Å². The van der Waals surface area contributed by atoms with Crippen LogP contribution in [-0.4, -0.2) is 168 Å². The van der Waals surface area contributed by atoms with E-state index < -0.39 is 29.5 Å². The average Bonchev–Trinajstić information content (AvgIpc) is 4.34. The Morgan fingerprint density at radius 2 is 1.72 bits per heavy atom. The van der Waals surface area contributed by atoms with Crippen molar-refractivity contribution >= 4 is 64.3 Å². The van der Waals surface area contributed by atoms with E-state index in [0.717, 1.165) is 88.5 Å². The number of ether oxygens (including phenoxy) is 2. The lowest BCUT2D eigenvalue weighted by Gasteiger charge is -2.44. The van der Waals surface area contributed by atoms with Crippen LogP contribution in [0.3, 0.4) is 0 Å². The predicted octanol–water partition coefficient (Wildman–Crippen LogP) is 5.89. The number of terminal acetylenes is 1. The van der Waals surface area contributed by atoms with Crippen molar-refractivity contribution in [2.45, 2.75) is 96.8 Å². The number of hydrogen-bond donors (Lipinski definition) is 4. The topological polar surface area (TPSA) is 223 Å². The molecule has 3 saturated heterocycles. The number of imide groups is 2. The van der Waals surface area contributed by atoms with E-state index in [1.807, 2.05) is 19.1 Å². The number of piperazine rings is 2. The van der Waals surface area contributed by atoms with E-state index >= 15 is 8.78 Å². The van der Waals surface area contributed by atoms with Gasteiger partial charge in [-0.1, -0.05) is 38.3 Å². The Labute approximate surface area is 452 Å². The number of phenolic OH excluding ortho intramolecular Hbond substituents is 1. The van der Waals surface area contributed by atoms with E-state index in [1.165, 1.54) is 31.4 Å². The van der Waals surface area contributed by atoms with Gasteiger partial charge in [-0.05, 0) is 93.7 Å². The number of nitrogens with zero attached hydrogens (tertiary/aromatic N) is 8. The Hall–Kier alpha value is -7.54. The SMILES string of the molecule is C#Cc1c(F)ccc2cc(O)cc(-c3nc(OC)c4c(N5CC(C)NC(CC)C5)nc(OCC5(CN6CCN(C7CCN(c8ccc(C)c(C(=O)N(C=O)C(CCC)C(=O)NC=O)c8)CC7)CC6)CC5)nc4c3F)c12.O=CO. The molecule has 3 atom stereocenters. The fraction of sp³-hybridized carbons (Fsp3) is 0.474. The number of pyridine rings is 1. The summed E-state index contributed by atoms with van der Waals surface area (Å²) in [7, 11) is 1.44. The monoisotopic (exact) mass is 1070 g/mol. The maximum atomic E-state index is 17.5. The minimum atomic E-state index is -1.10. The van der Waals surface area contributed by atoms with Crippen LogP contribution in [0.5, 0.6) is 17.6 Å². The largest absolute Gasteiger partial charge is 0.508 e. The average molecular weight is 1080 g/mol. The summed E-state index contributed by atoms with van der Waals surface area (Å²) in [6.07, 6.45) is 11.9. The number of carbonyl (C=O) groups excluding carboxylic acids is 4. The number of carboxylic acid groups (broad SMARTS) is 1. The van der Waals surface area contributed by atoms with Crippen molar-refractivity contribution in [3.05, 3.63) is 70.8 Å². The second-order valence-electron chi connectivity index (χ2n) is 20.7. The van der Waals surface area contributed by atoms with Gasteiger partial charge in [0, 0.05) is 105 Å². The van der Waals surface area contributed by atoms with Gasteiger partial charge in [0.05, 0.1) is 19.3 Å². The number of piperidine rings is 1. The third-order valence-electron chi connectivity index (χ3n) is 15.6. The van der Waals surface area contributed by atoms with E-state index in [-0.39, 0.29) is 87.6 Å². The second-order valence-corrected chi connectivity index (χ2v) is 20.7. The molecule has 19 nitrogen and oxygen atoms in total. The van der Waals surface area contributed by atoms with Crippen molar-refractivity contribution in [2.24, 2.45) is 5.41 Å². The van der Waals surface area contributed by atoms with Crippen molar-refractivity contribution < 1.29 is 52.4 Å². The van der Waals surface area contributed by atoms with Gasteiger partial charge in [-0.2, -0.15) is 9.97 Å². The Kier molecular flexibility index (Phi) is 18.0. The smallest absolute Gasteiger partial charge is 0.319 e. The zero-order valence-electron chi connectivity index (χ0n) is 44.8. The van der Waals surface area contributed by atoms with E-state index in [4.69, 9.17) is 35.8 Å². The fourth-order valence-electron chi connectivity index (χ4n) is 11.3. The van der Waals surface area contributed by atoms with Crippen molar-refractivity contribution in [2.75, 3.05) is 82.4 Å². The molecule has 5 aromatic rings. The van der Waals surface area contributed by atoms with E-state index in [1.54, 1.807) is 13.0 Å². The summed E-state index contributed by atoms with van der Waals surface area (Å²) in [6, 6.07) is 10.6.